The van der Waals surface area contributed by atoms with Gasteiger partial charge in [-0.25, -0.2) is 0 Å². The molecule has 122 valence electrons. The molecule has 1 heterocycles. The van der Waals surface area contributed by atoms with Crippen molar-refractivity contribution in [3.05, 3.63) is 96.2 Å². The molecular formula is C21H17N3O. The van der Waals surface area contributed by atoms with E-state index in [2.05, 4.69) is 15.5 Å². The Hall–Kier alpha value is -3.40. The molecule has 0 bridgehead atoms. The van der Waals surface area contributed by atoms with E-state index in [9.17, 15) is 4.79 Å². The molecule has 4 nitrogen and oxygen atoms in total. The smallest absolute Gasteiger partial charge is 0.236 e. The minimum Gasteiger partial charge on any atom is -0.325 e. The molecule has 25 heavy (non-hydrogen) atoms. The number of nitrogens with one attached hydrogen (secondary N) is 2. The van der Waals surface area contributed by atoms with Crippen molar-refractivity contribution in [3.63, 3.8) is 0 Å². The van der Waals surface area contributed by atoms with Gasteiger partial charge in [-0.05, 0) is 29.3 Å². The van der Waals surface area contributed by atoms with Crippen LogP contribution in [-0.4, -0.2) is 16.1 Å². The van der Waals surface area contributed by atoms with Gasteiger partial charge < -0.3 is 5.32 Å². The standard InChI is InChI=1S/C21H17N3O/c25-21(23-18-11-12-19-17(13-18)14-22-24-19)20(15-7-3-1-4-8-15)16-9-5-2-6-10-16/h1-14,20H,(H,22,24)(H,23,25). The lowest BCUT2D eigenvalue weighted by atomic mass is 9.90. The van der Waals surface area contributed by atoms with Crippen LogP contribution in [0.3, 0.4) is 0 Å². The molecule has 0 saturated heterocycles. The van der Waals surface area contributed by atoms with E-state index >= 15 is 0 Å². The average Bonchev–Trinajstić information content (AvgIpc) is 3.11. The fourth-order valence-corrected chi connectivity index (χ4v) is 3.02. The lowest BCUT2D eigenvalue weighted by Gasteiger charge is -2.18. The van der Waals surface area contributed by atoms with Crippen LogP contribution in [0.2, 0.25) is 0 Å². The second-order valence-electron chi connectivity index (χ2n) is 5.92. The molecule has 0 atom stereocenters. The molecule has 0 unspecified atom stereocenters. The highest BCUT2D eigenvalue weighted by Crippen LogP contribution is 2.27. The maximum atomic E-state index is 13.1. The molecule has 0 fully saturated rings. The molecule has 2 N–H and O–H groups in total. The molecule has 0 radical (unpaired) electrons. The maximum absolute atomic E-state index is 13.1. The minimum absolute atomic E-state index is 0.0553. The van der Waals surface area contributed by atoms with Crippen LogP contribution in [0.1, 0.15) is 17.0 Å². The molecule has 4 rings (SSSR count). The lowest BCUT2D eigenvalue weighted by molar-refractivity contribution is -0.116. The fraction of sp³-hybridized carbons (Fsp3) is 0.0476. The third-order valence-corrected chi connectivity index (χ3v) is 4.24. The van der Waals surface area contributed by atoms with Gasteiger partial charge in [0.1, 0.15) is 0 Å². The van der Waals surface area contributed by atoms with Gasteiger partial charge in [0.15, 0.2) is 0 Å². The van der Waals surface area contributed by atoms with E-state index in [1.54, 1.807) is 6.20 Å². The van der Waals surface area contributed by atoms with Gasteiger partial charge >= 0.3 is 0 Å². The third kappa shape index (κ3) is 3.15. The summed E-state index contributed by atoms with van der Waals surface area (Å²) in [5.74, 6) is -0.414. The number of anilines is 1. The average molecular weight is 327 g/mol. The summed E-state index contributed by atoms with van der Waals surface area (Å²) in [7, 11) is 0. The Kier molecular flexibility index (Phi) is 4.01. The van der Waals surface area contributed by atoms with E-state index in [0.717, 1.165) is 27.7 Å². The number of fused-ring (bicyclic) bond motifs is 1. The molecule has 0 aliphatic carbocycles. The monoisotopic (exact) mass is 327 g/mol. The molecule has 3 aromatic carbocycles. The highest BCUT2D eigenvalue weighted by Gasteiger charge is 2.22. The summed E-state index contributed by atoms with van der Waals surface area (Å²) in [6.07, 6.45) is 1.75. The summed E-state index contributed by atoms with van der Waals surface area (Å²) in [6.45, 7) is 0. The number of hydrogen-bond donors (Lipinski definition) is 2. The van der Waals surface area contributed by atoms with Gasteiger partial charge in [-0.15, -0.1) is 0 Å². The van der Waals surface area contributed by atoms with Crippen molar-refractivity contribution in [2.75, 3.05) is 5.32 Å². The van der Waals surface area contributed by atoms with Gasteiger partial charge in [0.2, 0.25) is 5.91 Å². The predicted octanol–water partition coefficient (Wildman–Crippen LogP) is 4.33. The number of benzene rings is 3. The van der Waals surface area contributed by atoms with Crippen molar-refractivity contribution in [1.29, 1.82) is 0 Å². The molecule has 0 spiro atoms. The second kappa shape index (κ2) is 6.61. The maximum Gasteiger partial charge on any atom is 0.236 e. The normalized spacial score (nSPS) is 10.9. The SMILES string of the molecule is O=C(Nc1ccc2[nH]ncc2c1)C(c1ccccc1)c1ccccc1. The highest BCUT2D eigenvalue weighted by atomic mass is 16.1. The first-order valence-corrected chi connectivity index (χ1v) is 8.15. The summed E-state index contributed by atoms with van der Waals surface area (Å²) in [4.78, 5) is 13.1. The Labute approximate surface area is 145 Å². The van der Waals surface area contributed by atoms with E-state index in [1.165, 1.54) is 0 Å². The number of aromatic nitrogens is 2. The number of amides is 1. The van der Waals surface area contributed by atoms with Crippen molar-refractivity contribution in [1.82, 2.24) is 10.2 Å². The number of nitrogens with zero attached hydrogens (tertiary/aromatic N) is 1. The molecule has 0 saturated carbocycles. The zero-order valence-electron chi connectivity index (χ0n) is 13.5. The van der Waals surface area contributed by atoms with Crippen LogP contribution >= 0.6 is 0 Å². The van der Waals surface area contributed by atoms with E-state index in [4.69, 9.17) is 0 Å². The second-order valence-corrected chi connectivity index (χ2v) is 5.92. The molecule has 4 heteroatoms. The van der Waals surface area contributed by atoms with Crippen LogP contribution in [0.25, 0.3) is 10.9 Å². The molecule has 0 aliphatic rings. The quantitative estimate of drug-likeness (QED) is 0.586. The zero-order valence-corrected chi connectivity index (χ0v) is 13.5. The van der Waals surface area contributed by atoms with Crippen LogP contribution in [-0.2, 0) is 4.79 Å². The first kappa shape index (κ1) is 15.1. The van der Waals surface area contributed by atoms with Gasteiger partial charge in [-0.3, -0.25) is 9.89 Å². The Bertz CT molecular complexity index is 954. The Morgan fingerprint density at radius 3 is 2.16 bits per heavy atom. The van der Waals surface area contributed by atoms with Gasteiger partial charge in [-0.2, -0.15) is 5.10 Å². The van der Waals surface area contributed by atoms with E-state index in [0.29, 0.717) is 0 Å². The summed E-state index contributed by atoms with van der Waals surface area (Å²) < 4.78 is 0. The molecule has 4 aromatic rings. The first-order valence-electron chi connectivity index (χ1n) is 8.15. The van der Waals surface area contributed by atoms with Gasteiger partial charge in [-0.1, -0.05) is 60.7 Å². The number of carbonyl (C=O) groups is 1. The third-order valence-electron chi connectivity index (χ3n) is 4.24. The van der Waals surface area contributed by atoms with Crippen LogP contribution < -0.4 is 5.32 Å². The minimum atomic E-state index is -0.359. The number of aromatic amines is 1. The number of rotatable bonds is 4. The Balaban J connectivity index is 1.68. The number of H-pyrrole nitrogens is 1. The van der Waals surface area contributed by atoms with Crippen molar-refractivity contribution in [3.8, 4) is 0 Å². The van der Waals surface area contributed by atoms with E-state index < -0.39 is 0 Å². The largest absolute Gasteiger partial charge is 0.325 e. The predicted molar refractivity (Wildman–Crippen MR) is 99.5 cm³/mol. The van der Waals surface area contributed by atoms with E-state index in [1.807, 2.05) is 78.9 Å². The topological polar surface area (TPSA) is 57.8 Å². The van der Waals surface area contributed by atoms with Crippen LogP contribution in [0.5, 0.6) is 0 Å². The summed E-state index contributed by atoms with van der Waals surface area (Å²) >= 11 is 0. The number of carbonyl (C=O) groups excluding carboxylic acids is 1. The van der Waals surface area contributed by atoms with Crippen molar-refractivity contribution < 1.29 is 4.79 Å². The molecular weight excluding hydrogens is 310 g/mol. The van der Waals surface area contributed by atoms with Crippen LogP contribution in [0.4, 0.5) is 5.69 Å². The van der Waals surface area contributed by atoms with Crippen molar-refractivity contribution in [2.24, 2.45) is 0 Å². The Morgan fingerprint density at radius 1 is 0.880 bits per heavy atom. The molecule has 1 amide bonds. The highest BCUT2D eigenvalue weighted by molar-refractivity contribution is 5.99. The fourth-order valence-electron chi connectivity index (χ4n) is 3.02. The van der Waals surface area contributed by atoms with Crippen LogP contribution in [0.15, 0.2) is 85.1 Å². The van der Waals surface area contributed by atoms with Gasteiger partial charge in [0.05, 0.1) is 17.6 Å². The Morgan fingerprint density at radius 2 is 1.52 bits per heavy atom. The number of hydrogen-bond acceptors (Lipinski definition) is 2. The molecule has 0 aliphatic heterocycles. The summed E-state index contributed by atoms with van der Waals surface area (Å²) in [6, 6.07) is 25.4. The van der Waals surface area contributed by atoms with Crippen molar-refractivity contribution in [2.45, 2.75) is 5.92 Å². The van der Waals surface area contributed by atoms with Gasteiger partial charge in [0.25, 0.3) is 0 Å². The lowest BCUT2D eigenvalue weighted by Crippen LogP contribution is -2.22. The molecule has 1 aromatic heterocycles. The van der Waals surface area contributed by atoms with E-state index in [-0.39, 0.29) is 11.8 Å². The first-order chi connectivity index (χ1) is 12.3. The summed E-state index contributed by atoms with van der Waals surface area (Å²) in [5, 5.41) is 10.9. The van der Waals surface area contributed by atoms with Crippen LogP contribution in [0, 0.1) is 0 Å². The van der Waals surface area contributed by atoms with Crippen molar-refractivity contribution >= 4 is 22.5 Å². The zero-order chi connectivity index (χ0) is 17.1. The van der Waals surface area contributed by atoms with Gasteiger partial charge in [0, 0.05) is 11.1 Å². The summed E-state index contributed by atoms with van der Waals surface area (Å²) in [5.41, 5.74) is 3.64.